The Morgan fingerprint density at radius 2 is 2.00 bits per heavy atom. The van der Waals surface area contributed by atoms with Crippen LogP contribution >= 0.6 is 0 Å². The van der Waals surface area contributed by atoms with Gasteiger partial charge in [0, 0.05) is 31.0 Å². The molecule has 27 heavy (non-hydrogen) atoms. The first-order valence-corrected chi connectivity index (χ1v) is 9.95. The molecule has 6 heteroatoms. The van der Waals surface area contributed by atoms with Gasteiger partial charge >= 0.3 is 0 Å². The highest BCUT2D eigenvalue weighted by molar-refractivity contribution is 5.94. The summed E-state index contributed by atoms with van der Waals surface area (Å²) in [5.41, 5.74) is 3.52. The van der Waals surface area contributed by atoms with Crippen LogP contribution in [0.4, 0.5) is 4.39 Å². The first-order valence-electron chi connectivity index (χ1n) is 9.95. The third kappa shape index (κ3) is 3.63. The lowest BCUT2D eigenvalue weighted by Gasteiger charge is -2.32. The van der Waals surface area contributed by atoms with Crippen molar-refractivity contribution in [2.24, 2.45) is 0 Å². The SMILES string of the molecule is CCOC1CCCN(C(=O)c2nn(-c3ccc(F)cc3)c3c2CCCC3)C1. The number of likely N-dealkylation sites (tertiary alicyclic amines) is 1. The standard InChI is InChI=1S/C21H26FN3O2/c1-2-27-17-6-5-13-24(14-17)21(26)20-18-7-3-4-8-19(18)25(23-20)16-11-9-15(22)10-12-16/h9-12,17H,2-8,13-14H2,1H3. The molecule has 4 rings (SSSR count). The number of carbonyl (C=O) groups is 1. The van der Waals surface area contributed by atoms with Gasteiger partial charge in [0.2, 0.25) is 0 Å². The minimum atomic E-state index is -0.272. The summed E-state index contributed by atoms with van der Waals surface area (Å²) in [5, 5.41) is 4.70. The van der Waals surface area contributed by atoms with Crippen LogP contribution in [0.5, 0.6) is 0 Å². The minimum Gasteiger partial charge on any atom is -0.377 e. The zero-order valence-corrected chi connectivity index (χ0v) is 15.8. The van der Waals surface area contributed by atoms with E-state index in [1.807, 2.05) is 16.5 Å². The maximum absolute atomic E-state index is 13.3. The first kappa shape index (κ1) is 18.2. The Hall–Kier alpha value is -2.21. The Labute approximate surface area is 159 Å². The van der Waals surface area contributed by atoms with Gasteiger partial charge in [-0.1, -0.05) is 0 Å². The lowest BCUT2D eigenvalue weighted by molar-refractivity contribution is 0.00697. The Morgan fingerprint density at radius 1 is 1.22 bits per heavy atom. The predicted molar refractivity (Wildman–Crippen MR) is 101 cm³/mol. The molecule has 144 valence electrons. The van der Waals surface area contributed by atoms with Gasteiger partial charge in [-0.15, -0.1) is 0 Å². The van der Waals surface area contributed by atoms with Crippen LogP contribution in [-0.4, -0.2) is 46.4 Å². The lowest BCUT2D eigenvalue weighted by Crippen LogP contribution is -2.43. The molecule has 2 heterocycles. The quantitative estimate of drug-likeness (QED) is 0.826. The summed E-state index contributed by atoms with van der Waals surface area (Å²) in [6.07, 6.45) is 6.00. The van der Waals surface area contributed by atoms with E-state index in [1.54, 1.807) is 12.1 Å². The highest BCUT2D eigenvalue weighted by Gasteiger charge is 2.31. The Kier molecular flexibility index (Phi) is 5.25. The predicted octanol–water partition coefficient (Wildman–Crippen LogP) is 3.53. The Morgan fingerprint density at radius 3 is 2.78 bits per heavy atom. The van der Waals surface area contributed by atoms with E-state index in [0.29, 0.717) is 18.8 Å². The topological polar surface area (TPSA) is 47.4 Å². The molecular formula is C21H26FN3O2. The van der Waals surface area contributed by atoms with E-state index in [4.69, 9.17) is 9.84 Å². The van der Waals surface area contributed by atoms with Crippen molar-refractivity contribution in [1.29, 1.82) is 0 Å². The number of aromatic nitrogens is 2. The van der Waals surface area contributed by atoms with Crippen molar-refractivity contribution in [3.05, 3.63) is 47.0 Å². The third-order valence-electron chi connectivity index (χ3n) is 5.52. The minimum absolute atomic E-state index is 0.00147. The summed E-state index contributed by atoms with van der Waals surface area (Å²) in [5.74, 6) is -0.273. The summed E-state index contributed by atoms with van der Waals surface area (Å²) in [7, 11) is 0. The van der Waals surface area contributed by atoms with Crippen LogP contribution in [-0.2, 0) is 17.6 Å². The molecule has 1 unspecified atom stereocenters. The van der Waals surface area contributed by atoms with Crippen molar-refractivity contribution in [3.8, 4) is 5.69 Å². The largest absolute Gasteiger partial charge is 0.377 e. The van der Waals surface area contributed by atoms with E-state index >= 15 is 0 Å². The van der Waals surface area contributed by atoms with Crippen LogP contribution in [0.25, 0.3) is 5.69 Å². The lowest BCUT2D eigenvalue weighted by atomic mass is 9.95. The van der Waals surface area contributed by atoms with Gasteiger partial charge in [0.1, 0.15) is 5.82 Å². The summed E-state index contributed by atoms with van der Waals surface area (Å²) in [6, 6.07) is 6.31. The number of halogens is 1. The van der Waals surface area contributed by atoms with E-state index in [1.165, 1.54) is 12.1 Å². The highest BCUT2D eigenvalue weighted by atomic mass is 19.1. The molecule has 1 saturated heterocycles. The van der Waals surface area contributed by atoms with Gasteiger partial charge < -0.3 is 9.64 Å². The van der Waals surface area contributed by atoms with Gasteiger partial charge in [0.25, 0.3) is 5.91 Å². The fourth-order valence-electron chi connectivity index (χ4n) is 4.21. The van der Waals surface area contributed by atoms with Crippen LogP contribution in [0.1, 0.15) is 54.4 Å². The van der Waals surface area contributed by atoms with E-state index in [0.717, 1.165) is 62.0 Å². The highest BCUT2D eigenvalue weighted by Crippen LogP contribution is 2.28. The van der Waals surface area contributed by atoms with E-state index < -0.39 is 0 Å². The number of nitrogens with zero attached hydrogens (tertiary/aromatic N) is 3. The fraction of sp³-hybridized carbons (Fsp3) is 0.524. The third-order valence-corrected chi connectivity index (χ3v) is 5.52. The number of hydrogen-bond acceptors (Lipinski definition) is 3. The van der Waals surface area contributed by atoms with Crippen molar-refractivity contribution in [2.45, 2.75) is 51.6 Å². The first-order chi connectivity index (χ1) is 13.2. The van der Waals surface area contributed by atoms with Crippen LogP contribution in [0.3, 0.4) is 0 Å². The second kappa shape index (κ2) is 7.80. The number of benzene rings is 1. The zero-order valence-electron chi connectivity index (χ0n) is 15.8. The van der Waals surface area contributed by atoms with Gasteiger partial charge in [-0.2, -0.15) is 5.10 Å². The normalized spacial score (nSPS) is 19.8. The van der Waals surface area contributed by atoms with Crippen molar-refractivity contribution >= 4 is 5.91 Å². The molecule has 1 amide bonds. The van der Waals surface area contributed by atoms with Gasteiger partial charge in [-0.3, -0.25) is 4.79 Å². The molecule has 0 saturated carbocycles. The van der Waals surface area contributed by atoms with Gasteiger partial charge in [0.15, 0.2) is 5.69 Å². The Balaban J connectivity index is 1.66. The molecule has 5 nitrogen and oxygen atoms in total. The molecule has 2 aromatic rings. The second-order valence-corrected chi connectivity index (χ2v) is 7.34. The van der Waals surface area contributed by atoms with Crippen LogP contribution in [0.15, 0.2) is 24.3 Å². The molecule has 1 aromatic heterocycles. The van der Waals surface area contributed by atoms with Crippen molar-refractivity contribution in [2.75, 3.05) is 19.7 Å². The average molecular weight is 371 g/mol. The second-order valence-electron chi connectivity index (χ2n) is 7.34. The Bertz CT molecular complexity index is 814. The summed E-state index contributed by atoms with van der Waals surface area (Å²) < 4.78 is 20.9. The molecule has 0 radical (unpaired) electrons. The number of piperidine rings is 1. The fourth-order valence-corrected chi connectivity index (χ4v) is 4.21. The molecule has 1 aromatic carbocycles. The summed E-state index contributed by atoms with van der Waals surface area (Å²) in [4.78, 5) is 15.1. The van der Waals surface area contributed by atoms with Crippen molar-refractivity contribution < 1.29 is 13.9 Å². The number of fused-ring (bicyclic) bond motifs is 1. The molecule has 1 atom stereocenters. The molecular weight excluding hydrogens is 345 g/mol. The number of amides is 1. The number of ether oxygens (including phenoxy) is 1. The number of hydrogen-bond donors (Lipinski definition) is 0. The maximum atomic E-state index is 13.3. The molecule has 0 N–H and O–H groups in total. The molecule has 1 fully saturated rings. The number of carbonyl (C=O) groups excluding carboxylic acids is 1. The maximum Gasteiger partial charge on any atom is 0.274 e. The molecule has 0 bridgehead atoms. The molecule has 0 spiro atoms. The smallest absolute Gasteiger partial charge is 0.274 e. The van der Waals surface area contributed by atoms with E-state index in [2.05, 4.69) is 0 Å². The van der Waals surface area contributed by atoms with Crippen LogP contribution < -0.4 is 0 Å². The van der Waals surface area contributed by atoms with Gasteiger partial charge in [-0.05, 0) is 69.7 Å². The average Bonchev–Trinajstić information content (AvgIpc) is 3.08. The molecule has 1 aliphatic carbocycles. The van der Waals surface area contributed by atoms with E-state index in [9.17, 15) is 9.18 Å². The van der Waals surface area contributed by atoms with Crippen molar-refractivity contribution in [3.63, 3.8) is 0 Å². The van der Waals surface area contributed by atoms with Crippen molar-refractivity contribution in [1.82, 2.24) is 14.7 Å². The summed E-state index contributed by atoms with van der Waals surface area (Å²) in [6.45, 7) is 4.04. The molecule has 1 aliphatic heterocycles. The van der Waals surface area contributed by atoms with Crippen LogP contribution in [0, 0.1) is 5.82 Å². The van der Waals surface area contributed by atoms with Gasteiger partial charge in [0.05, 0.1) is 11.8 Å². The van der Waals surface area contributed by atoms with E-state index in [-0.39, 0.29) is 17.8 Å². The molecule has 2 aliphatic rings. The van der Waals surface area contributed by atoms with Gasteiger partial charge in [-0.25, -0.2) is 9.07 Å². The number of rotatable bonds is 4. The van der Waals surface area contributed by atoms with Crippen LogP contribution in [0.2, 0.25) is 0 Å². The zero-order chi connectivity index (χ0) is 18.8. The monoisotopic (exact) mass is 371 g/mol. The summed E-state index contributed by atoms with van der Waals surface area (Å²) >= 11 is 0.